The first-order valence-electron chi connectivity index (χ1n) is 7.00. The SMILES string of the molecule is Cc1cn([C@H]2C[C@H](O)[C@@H](CO)O2)c(=O)n(Cc2nn[nH]n2)c1=O. The van der Waals surface area contributed by atoms with Crippen molar-refractivity contribution in [1.29, 1.82) is 0 Å². The van der Waals surface area contributed by atoms with Crippen molar-refractivity contribution in [2.45, 2.75) is 38.3 Å². The molecule has 3 rings (SSSR count). The molecule has 0 bridgehead atoms. The van der Waals surface area contributed by atoms with E-state index < -0.39 is 29.7 Å². The van der Waals surface area contributed by atoms with E-state index in [0.717, 1.165) is 4.57 Å². The monoisotopic (exact) mass is 324 g/mol. The predicted octanol–water partition coefficient (Wildman–Crippen LogP) is -2.48. The summed E-state index contributed by atoms with van der Waals surface area (Å²) >= 11 is 0. The van der Waals surface area contributed by atoms with E-state index in [9.17, 15) is 14.7 Å². The van der Waals surface area contributed by atoms with E-state index in [1.165, 1.54) is 10.8 Å². The molecule has 0 saturated carbocycles. The zero-order valence-electron chi connectivity index (χ0n) is 12.3. The number of aryl methyl sites for hydroxylation is 1. The average Bonchev–Trinajstić information content (AvgIpc) is 3.16. The standard InChI is InChI=1S/C12H16N6O5/c1-6-3-17(10-2-7(20)8(5-19)23-10)12(22)18(11(6)21)4-9-13-15-16-14-9/h3,7-8,10,19-20H,2,4-5H2,1H3,(H,13,14,15,16)/t7-,8+,10+/m0/s1. The fourth-order valence-corrected chi connectivity index (χ4v) is 2.55. The molecule has 0 radical (unpaired) electrons. The van der Waals surface area contributed by atoms with Gasteiger partial charge in [-0.1, -0.05) is 5.21 Å². The smallest absolute Gasteiger partial charge is 0.333 e. The van der Waals surface area contributed by atoms with Crippen LogP contribution in [0.4, 0.5) is 0 Å². The molecule has 1 aliphatic heterocycles. The van der Waals surface area contributed by atoms with Crippen molar-refractivity contribution >= 4 is 0 Å². The Morgan fingerprint density at radius 2 is 2.26 bits per heavy atom. The molecule has 1 fully saturated rings. The van der Waals surface area contributed by atoms with Crippen LogP contribution in [0.2, 0.25) is 0 Å². The number of nitrogens with one attached hydrogen (secondary N) is 1. The molecule has 1 aliphatic rings. The zero-order valence-corrected chi connectivity index (χ0v) is 12.3. The van der Waals surface area contributed by atoms with E-state index in [4.69, 9.17) is 9.84 Å². The molecule has 2 aromatic heterocycles. The lowest BCUT2D eigenvalue weighted by Gasteiger charge is -2.17. The van der Waals surface area contributed by atoms with Gasteiger partial charge in [-0.2, -0.15) is 5.21 Å². The van der Waals surface area contributed by atoms with Gasteiger partial charge in [0.2, 0.25) is 0 Å². The van der Waals surface area contributed by atoms with E-state index in [0.29, 0.717) is 5.56 Å². The third-order valence-electron chi connectivity index (χ3n) is 3.75. The van der Waals surface area contributed by atoms with Crippen molar-refractivity contribution in [1.82, 2.24) is 29.8 Å². The first-order valence-corrected chi connectivity index (χ1v) is 7.00. The summed E-state index contributed by atoms with van der Waals surface area (Å²) in [6.45, 7) is 1.09. The van der Waals surface area contributed by atoms with Crippen LogP contribution in [0.3, 0.4) is 0 Å². The molecule has 3 atom stereocenters. The molecule has 0 amide bonds. The molecule has 0 spiro atoms. The maximum Gasteiger partial charge on any atom is 0.333 e. The van der Waals surface area contributed by atoms with Crippen LogP contribution in [-0.2, 0) is 11.3 Å². The lowest BCUT2D eigenvalue weighted by atomic mass is 10.2. The first-order chi connectivity index (χ1) is 11.0. The number of H-pyrrole nitrogens is 1. The highest BCUT2D eigenvalue weighted by atomic mass is 16.5. The van der Waals surface area contributed by atoms with Gasteiger partial charge in [-0.05, 0) is 6.92 Å². The highest BCUT2D eigenvalue weighted by Crippen LogP contribution is 2.27. The van der Waals surface area contributed by atoms with Crippen LogP contribution in [0.15, 0.2) is 15.8 Å². The van der Waals surface area contributed by atoms with Crippen LogP contribution < -0.4 is 11.2 Å². The van der Waals surface area contributed by atoms with Crippen LogP contribution in [-0.4, -0.2) is 58.8 Å². The molecule has 2 aromatic rings. The van der Waals surface area contributed by atoms with Gasteiger partial charge >= 0.3 is 5.69 Å². The Bertz CT molecular complexity index is 797. The zero-order chi connectivity index (χ0) is 16.6. The molecular weight excluding hydrogens is 308 g/mol. The largest absolute Gasteiger partial charge is 0.394 e. The second-order valence-electron chi connectivity index (χ2n) is 5.34. The number of rotatable bonds is 4. The van der Waals surface area contributed by atoms with Gasteiger partial charge in [0.1, 0.15) is 12.3 Å². The Hall–Kier alpha value is -2.37. The number of tetrazole rings is 1. The van der Waals surface area contributed by atoms with E-state index >= 15 is 0 Å². The maximum absolute atomic E-state index is 12.6. The fraction of sp³-hybridized carbons (Fsp3) is 0.583. The maximum atomic E-state index is 12.6. The molecule has 0 unspecified atom stereocenters. The molecular formula is C12H16N6O5. The van der Waals surface area contributed by atoms with Gasteiger partial charge in [-0.3, -0.25) is 13.9 Å². The van der Waals surface area contributed by atoms with E-state index in [1.807, 2.05) is 0 Å². The highest BCUT2D eigenvalue weighted by Gasteiger charge is 2.35. The first kappa shape index (κ1) is 15.5. The molecule has 124 valence electrons. The summed E-state index contributed by atoms with van der Waals surface area (Å²) < 4.78 is 7.68. The number of hydrogen-bond donors (Lipinski definition) is 3. The summed E-state index contributed by atoms with van der Waals surface area (Å²) in [6.07, 6.45) is -0.871. The predicted molar refractivity (Wildman–Crippen MR) is 74.6 cm³/mol. The second kappa shape index (κ2) is 6.02. The Morgan fingerprint density at radius 1 is 1.48 bits per heavy atom. The second-order valence-corrected chi connectivity index (χ2v) is 5.34. The molecule has 3 N–H and O–H groups in total. The van der Waals surface area contributed by atoms with Crippen LogP contribution in [0, 0.1) is 6.92 Å². The van der Waals surface area contributed by atoms with Crippen molar-refractivity contribution in [2.24, 2.45) is 0 Å². The van der Waals surface area contributed by atoms with Gasteiger partial charge in [-0.25, -0.2) is 4.79 Å². The summed E-state index contributed by atoms with van der Waals surface area (Å²) in [5, 5.41) is 32.0. The summed E-state index contributed by atoms with van der Waals surface area (Å²) in [7, 11) is 0. The minimum atomic E-state index is -0.880. The molecule has 11 heteroatoms. The quantitative estimate of drug-likeness (QED) is 0.560. The Morgan fingerprint density at radius 3 is 2.87 bits per heavy atom. The fourth-order valence-electron chi connectivity index (χ4n) is 2.55. The number of aliphatic hydroxyl groups is 2. The van der Waals surface area contributed by atoms with Crippen molar-refractivity contribution in [3.05, 3.63) is 38.4 Å². The molecule has 1 saturated heterocycles. The van der Waals surface area contributed by atoms with Gasteiger partial charge in [0.05, 0.1) is 19.3 Å². The summed E-state index contributed by atoms with van der Waals surface area (Å²) in [6, 6.07) is 0. The number of hydrogen-bond acceptors (Lipinski definition) is 8. The molecule has 11 nitrogen and oxygen atoms in total. The number of aromatic amines is 1. The Balaban J connectivity index is 2.01. The topological polar surface area (TPSA) is 148 Å². The number of nitrogens with zero attached hydrogens (tertiary/aromatic N) is 5. The van der Waals surface area contributed by atoms with Crippen molar-refractivity contribution in [2.75, 3.05) is 6.61 Å². The van der Waals surface area contributed by atoms with E-state index in [2.05, 4.69) is 20.6 Å². The average molecular weight is 324 g/mol. The lowest BCUT2D eigenvalue weighted by molar-refractivity contribution is -0.0463. The van der Waals surface area contributed by atoms with Crippen LogP contribution in [0.1, 0.15) is 24.0 Å². The summed E-state index contributed by atoms with van der Waals surface area (Å²) in [4.78, 5) is 24.8. The van der Waals surface area contributed by atoms with Crippen LogP contribution in [0.5, 0.6) is 0 Å². The summed E-state index contributed by atoms with van der Waals surface area (Å²) in [5.74, 6) is 0.196. The van der Waals surface area contributed by atoms with Gasteiger partial charge < -0.3 is 14.9 Å². The van der Waals surface area contributed by atoms with Crippen LogP contribution in [0.25, 0.3) is 0 Å². The summed E-state index contributed by atoms with van der Waals surface area (Å²) in [5.41, 5.74) is -0.742. The molecule has 0 aromatic carbocycles. The molecule has 0 aliphatic carbocycles. The van der Waals surface area contributed by atoms with Crippen LogP contribution >= 0.6 is 0 Å². The lowest BCUT2D eigenvalue weighted by Crippen LogP contribution is -2.42. The molecule has 23 heavy (non-hydrogen) atoms. The van der Waals surface area contributed by atoms with Gasteiger partial charge in [-0.15, -0.1) is 10.2 Å². The number of aliphatic hydroxyl groups excluding tert-OH is 2. The third kappa shape index (κ3) is 2.81. The third-order valence-corrected chi connectivity index (χ3v) is 3.75. The Kier molecular flexibility index (Phi) is 4.07. The van der Waals surface area contributed by atoms with Crippen molar-refractivity contribution in [3.63, 3.8) is 0 Å². The van der Waals surface area contributed by atoms with Gasteiger partial charge in [0, 0.05) is 18.2 Å². The highest BCUT2D eigenvalue weighted by molar-refractivity contribution is 5.05. The minimum absolute atomic E-state index is 0.130. The van der Waals surface area contributed by atoms with E-state index in [-0.39, 0.29) is 25.4 Å². The van der Waals surface area contributed by atoms with Crippen molar-refractivity contribution in [3.8, 4) is 0 Å². The number of ether oxygens (including phenoxy) is 1. The minimum Gasteiger partial charge on any atom is -0.394 e. The van der Waals surface area contributed by atoms with Gasteiger partial charge in [0.25, 0.3) is 5.56 Å². The van der Waals surface area contributed by atoms with Gasteiger partial charge in [0.15, 0.2) is 5.82 Å². The van der Waals surface area contributed by atoms with Crippen molar-refractivity contribution < 1.29 is 14.9 Å². The normalized spacial score (nSPS) is 24.2. The number of aromatic nitrogens is 6. The molecule has 3 heterocycles. The van der Waals surface area contributed by atoms with E-state index in [1.54, 1.807) is 6.92 Å². The Labute approximate surface area is 129 Å².